The largest absolute Gasteiger partial charge is 0.497 e. The summed E-state index contributed by atoms with van der Waals surface area (Å²) >= 11 is 6.70. The zero-order chi connectivity index (χ0) is 24.8. The van der Waals surface area contributed by atoms with E-state index in [1.807, 2.05) is 18.2 Å². The maximum atomic E-state index is 12.8. The lowest BCUT2D eigenvalue weighted by atomic mass is 10.2. The minimum absolute atomic E-state index is 0.238. The second kappa shape index (κ2) is 11.1. The normalized spacial score (nSPS) is 14.3. The molecule has 1 aliphatic heterocycles. The summed E-state index contributed by atoms with van der Waals surface area (Å²) in [6.07, 6.45) is 1.61. The topological polar surface area (TPSA) is 84.9 Å². The Morgan fingerprint density at radius 3 is 2.49 bits per heavy atom. The van der Waals surface area contributed by atoms with Gasteiger partial charge in [0.05, 0.1) is 12.0 Å². The summed E-state index contributed by atoms with van der Waals surface area (Å²) in [5, 5.41) is 2.83. The Morgan fingerprint density at radius 2 is 1.77 bits per heavy atom. The first-order valence-corrected chi connectivity index (χ1v) is 11.8. The molecule has 3 amide bonds. The van der Waals surface area contributed by atoms with Crippen LogP contribution in [0.4, 0.5) is 10.5 Å². The van der Waals surface area contributed by atoms with E-state index in [4.69, 9.17) is 21.1 Å². The molecular formula is C26H21ClN2O5S. The third-order valence-corrected chi connectivity index (χ3v) is 6.18. The molecule has 3 aromatic carbocycles. The molecule has 9 heteroatoms. The van der Waals surface area contributed by atoms with Crippen LogP contribution in [0, 0.1) is 0 Å². The number of hydrogen-bond acceptors (Lipinski definition) is 6. The van der Waals surface area contributed by atoms with Crippen molar-refractivity contribution in [2.24, 2.45) is 0 Å². The van der Waals surface area contributed by atoms with Crippen LogP contribution in [0.25, 0.3) is 6.08 Å². The van der Waals surface area contributed by atoms with Crippen LogP contribution in [-0.2, 0) is 16.2 Å². The fourth-order valence-electron chi connectivity index (χ4n) is 3.25. The van der Waals surface area contributed by atoms with Crippen molar-refractivity contribution >= 4 is 52.2 Å². The van der Waals surface area contributed by atoms with Crippen LogP contribution in [-0.4, -0.2) is 35.6 Å². The van der Waals surface area contributed by atoms with Gasteiger partial charge in [0.2, 0.25) is 5.91 Å². The quantitative estimate of drug-likeness (QED) is 0.398. The van der Waals surface area contributed by atoms with Gasteiger partial charge in [0.15, 0.2) is 0 Å². The molecule has 178 valence electrons. The Kier molecular flexibility index (Phi) is 7.74. The Bertz CT molecular complexity index is 1280. The Labute approximate surface area is 211 Å². The van der Waals surface area contributed by atoms with Crippen molar-refractivity contribution in [3.05, 3.63) is 93.9 Å². The smallest absolute Gasteiger partial charge is 0.294 e. The number of nitrogens with one attached hydrogen (secondary N) is 1. The number of rotatable bonds is 8. The van der Waals surface area contributed by atoms with Crippen molar-refractivity contribution in [3.8, 4) is 11.5 Å². The number of amides is 3. The summed E-state index contributed by atoms with van der Waals surface area (Å²) in [7, 11) is 1.55. The highest BCUT2D eigenvalue weighted by Gasteiger charge is 2.36. The van der Waals surface area contributed by atoms with Crippen LogP contribution in [0.1, 0.15) is 11.1 Å². The minimum atomic E-state index is -0.516. The van der Waals surface area contributed by atoms with Crippen LogP contribution in [0.3, 0.4) is 0 Å². The molecule has 1 fully saturated rings. The highest BCUT2D eigenvalue weighted by atomic mass is 35.5. The fourth-order valence-corrected chi connectivity index (χ4v) is 4.21. The van der Waals surface area contributed by atoms with E-state index in [-0.39, 0.29) is 11.4 Å². The van der Waals surface area contributed by atoms with E-state index in [0.29, 0.717) is 34.4 Å². The summed E-state index contributed by atoms with van der Waals surface area (Å²) in [6.45, 7) is -0.0152. The molecule has 0 saturated carbocycles. The summed E-state index contributed by atoms with van der Waals surface area (Å²) in [6, 6.07) is 21.3. The summed E-state index contributed by atoms with van der Waals surface area (Å²) in [5.41, 5.74) is 2.20. The van der Waals surface area contributed by atoms with E-state index < -0.39 is 17.1 Å². The highest BCUT2D eigenvalue weighted by molar-refractivity contribution is 8.18. The van der Waals surface area contributed by atoms with Crippen LogP contribution in [0.15, 0.2) is 77.7 Å². The Morgan fingerprint density at radius 1 is 1.03 bits per heavy atom. The van der Waals surface area contributed by atoms with E-state index in [2.05, 4.69) is 5.32 Å². The van der Waals surface area contributed by atoms with Crippen molar-refractivity contribution < 1.29 is 23.9 Å². The highest BCUT2D eigenvalue weighted by Crippen LogP contribution is 2.32. The molecule has 0 atom stereocenters. The molecule has 0 unspecified atom stereocenters. The summed E-state index contributed by atoms with van der Waals surface area (Å²) < 4.78 is 10.9. The number of carbonyl (C=O) groups is 3. The van der Waals surface area contributed by atoms with E-state index in [9.17, 15) is 14.4 Å². The molecule has 0 radical (unpaired) electrons. The third-order valence-electron chi connectivity index (χ3n) is 5.02. The van der Waals surface area contributed by atoms with Crippen molar-refractivity contribution in [1.29, 1.82) is 0 Å². The fraction of sp³-hybridized carbons (Fsp3) is 0.115. The van der Waals surface area contributed by atoms with Crippen LogP contribution >= 0.6 is 23.4 Å². The molecular weight excluding hydrogens is 488 g/mol. The predicted octanol–water partition coefficient (Wildman–Crippen LogP) is 5.60. The van der Waals surface area contributed by atoms with E-state index in [1.165, 1.54) is 0 Å². The molecule has 1 saturated heterocycles. The maximum absolute atomic E-state index is 12.8. The average molecular weight is 509 g/mol. The zero-order valence-corrected chi connectivity index (χ0v) is 20.3. The van der Waals surface area contributed by atoms with Gasteiger partial charge in [0.1, 0.15) is 24.7 Å². The molecule has 1 N–H and O–H groups in total. The number of nitrogens with zero attached hydrogens (tertiary/aromatic N) is 1. The predicted molar refractivity (Wildman–Crippen MR) is 137 cm³/mol. The van der Waals surface area contributed by atoms with E-state index in [1.54, 1.807) is 67.8 Å². The second-order valence-electron chi connectivity index (χ2n) is 7.53. The number of thioether (sulfide) groups is 1. The summed E-state index contributed by atoms with van der Waals surface area (Å²) in [4.78, 5) is 38.8. The molecule has 0 aliphatic carbocycles. The van der Waals surface area contributed by atoms with Gasteiger partial charge in [-0.3, -0.25) is 19.3 Å². The van der Waals surface area contributed by atoms with E-state index >= 15 is 0 Å². The number of methoxy groups -OCH3 is 1. The van der Waals surface area contributed by atoms with Gasteiger partial charge in [-0.25, -0.2) is 0 Å². The van der Waals surface area contributed by atoms with Gasteiger partial charge in [0.25, 0.3) is 11.1 Å². The lowest BCUT2D eigenvalue weighted by Gasteiger charge is -2.12. The lowest BCUT2D eigenvalue weighted by Crippen LogP contribution is -2.36. The number of halogens is 1. The molecule has 0 bridgehead atoms. The van der Waals surface area contributed by atoms with Gasteiger partial charge in [-0.2, -0.15) is 0 Å². The molecule has 1 heterocycles. The first kappa shape index (κ1) is 24.4. The first-order chi connectivity index (χ1) is 16.9. The van der Waals surface area contributed by atoms with Gasteiger partial charge in [-0.05, 0) is 77.5 Å². The molecule has 1 aliphatic rings. The monoisotopic (exact) mass is 508 g/mol. The van der Waals surface area contributed by atoms with Crippen molar-refractivity contribution in [2.45, 2.75) is 6.61 Å². The van der Waals surface area contributed by atoms with Gasteiger partial charge < -0.3 is 14.8 Å². The number of ether oxygens (including phenoxy) is 2. The maximum Gasteiger partial charge on any atom is 0.294 e. The lowest BCUT2D eigenvalue weighted by molar-refractivity contribution is -0.127. The molecule has 35 heavy (non-hydrogen) atoms. The summed E-state index contributed by atoms with van der Waals surface area (Å²) in [5.74, 6) is 0.277. The van der Waals surface area contributed by atoms with Gasteiger partial charge >= 0.3 is 0 Å². The molecule has 7 nitrogen and oxygen atoms in total. The Hall–Kier alpha value is -3.75. The van der Waals surface area contributed by atoms with E-state index in [0.717, 1.165) is 22.2 Å². The van der Waals surface area contributed by atoms with Gasteiger partial charge in [0, 0.05) is 10.7 Å². The van der Waals surface area contributed by atoms with Crippen molar-refractivity contribution in [3.63, 3.8) is 0 Å². The number of imide groups is 1. The molecule has 0 spiro atoms. The van der Waals surface area contributed by atoms with Crippen LogP contribution in [0.5, 0.6) is 11.5 Å². The average Bonchev–Trinajstić information content (AvgIpc) is 3.11. The molecule has 4 rings (SSSR count). The molecule has 0 aromatic heterocycles. The van der Waals surface area contributed by atoms with Gasteiger partial charge in [-0.15, -0.1) is 0 Å². The van der Waals surface area contributed by atoms with Crippen molar-refractivity contribution in [2.75, 3.05) is 19.0 Å². The minimum Gasteiger partial charge on any atom is -0.497 e. The van der Waals surface area contributed by atoms with Gasteiger partial charge in [-0.1, -0.05) is 35.9 Å². The molecule has 3 aromatic rings. The second-order valence-corrected chi connectivity index (χ2v) is 8.96. The van der Waals surface area contributed by atoms with Crippen LogP contribution in [0.2, 0.25) is 5.02 Å². The SMILES string of the molecule is COc1ccc(NC(=O)CN2C(=O)S/C(=C/c3cccc(OCc4ccc(Cl)cc4)c3)C2=O)cc1. The third kappa shape index (κ3) is 6.44. The number of carbonyl (C=O) groups excluding carboxylic acids is 3. The number of anilines is 1. The van der Waals surface area contributed by atoms with Crippen molar-refractivity contribution in [1.82, 2.24) is 4.90 Å². The Balaban J connectivity index is 1.38. The number of hydrogen-bond donors (Lipinski definition) is 1. The van der Waals surface area contributed by atoms with Crippen LogP contribution < -0.4 is 14.8 Å². The standard InChI is InChI=1S/C26H21ClN2O5S/c1-33-21-11-9-20(10-12-21)28-24(30)15-29-25(31)23(35-26(29)32)14-18-3-2-4-22(13-18)34-16-17-5-7-19(27)8-6-17/h2-14H,15-16H2,1H3,(H,28,30)/b23-14+. The number of benzene rings is 3. The first-order valence-electron chi connectivity index (χ1n) is 10.6. The zero-order valence-electron chi connectivity index (χ0n) is 18.7.